The summed E-state index contributed by atoms with van der Waals surface area (Å²) >= 11 is 0. The minimum atomic E-state index is -0.623. The van der Waals surface area contributed by atoms with Crippen molar-refractivity contribution in [2.75, 3.05) is 0 Å². The smallest absolute Gasteiger partial charge is 0.262 e. The molecule has 5 heteroatoms. The lowest BCUT2D eigenvalue weighted by molar-refractivity contribution is -0.133. The first kappa shape index (κ1) is 5.44. The third-order valence-electron chi connectivity index (χ3n) is 0.875. The van der Waals surface area contributed by atoms with Gasteiger partial charge in [0.25, 0.3) is 5.39 Å². The summed E-state index contributed by atoms with van der Waals surface area (Å²) in [7, 11) is 0. The molecule has 0 spiro atoms. The van der Waals surface area contributed by atoms with E-state index < -0.39 is 11.8 Å². The molecular weight excluding hydrogens is 122 g/mol. The molecule has 1 aliphatic heterocycles. The fourth-order valence-corrected chi connectivity index (χ4v) is 0.481. The number of nitrogens with zero attached hydrogens (tertiary/aromatic N) is 3. The fourth-order valence-electron chi connectivity index (χ4n) is 0.481. The van der Waals surface area contributed by atoms with Crippen LogP contribution >= 0.6 is 0 Å². The van der Waals surface area contributed by atoms with Crippen molar-refractivity contribution in [3.05, 3.63) is 17.2 Å². The minimum Gasteiger partial charge on any atom is -0.262 e. The standard InChI is InChI=1S/C4H2N3O2/c5-6-7-3(8)1-2-4(7)9/h1-2H/q+1. The van der Waals surface area contributed by atoms with Crippen LogP contribution in [0.25, 0.3) is 5.08 Å². The maximum atomic E-state index is 10.4. The normalized spacial score (nSPS) is 16.6. The van der Waals surface area contributed by atoms with Gasteiger partial charge in [0.15, 0.2) is 0 Å². The summed E-state index contributed by atoms with van der Waals surface area (Å²) < 4.78 is 0. The van der Waals surface area contributed by atoms with Gasteiger partial charge in [-0.2, -0.15) is 0 Å². The van der Waals surface area contributed by atoms with Gasteiger partial charge in [-0.05, 0) is 0 Å². The molecule has 0 saturated carbocycles. The molecule has 2 amide bonds. The van der Waals surface area contributed by atoms with E-state index in [-0.39, 0.29) is 0 Å². The van der Waals surface area contributed by atoms with Crippen molar-refractivity contribution in [1.82, 2.24) is 5.01 Å². The lowest BCUT2D eigenvalue weighted by atomic mass is 10.6. The molecule has 0 aliphatic carbocycles. The molecule has 5 nitrogen and oxygen atoms in total. The van der Waals surface area contributed by atoms with Crippen LogP contribution in [0.5, 0.6) is 0 Å². The number of carbonyl (C=O) groups is 2. The van der Waals surface area contributed by atoms with E-state index in [1.54, 1.807) is 0 Å². The molecule has 0 fully saturated rings. The van der Waals surface area contributed by atoms with Crippen molar-refractivity contribution in [3.63, 3.8) is 0 Å². The van der Waals surface area contributed by atoms with Crippen LogP contribution in [-0.4, -0.2) is 16.8 Å². The summed E-state index contributed by atoms with van der Waals surface area (Å²) in [4.78, 5) is 20.8. The quantitative estimate of drug-likeness (QED) is 0.328. The van der Waals surface area contributed by atoms with E-state index in [1.807, 2.05) is 0 Å². The number of diazo groups is 1. The first-order valence-electron chi connectivity index (χ1n) is 2.17. The number of imide groups is 1. The summed E-state index contributed by atoms with van der Waals surface area (Å²) in [6, 6.07) is 0. The SMILES string of the molecule is N#[N+]N1C(=O)C=CC1=O. The topological polar surface area (TPSA) is 65.5 Å². The van der Waals surface area contributed by atoms with Gasteiger partial charge in [0.1, 0.15) is 5.01 Å². The molecule has 1 rings (SSSR count). The predicted octanol–water partition coefficient (Wildman–Crippen LogP) is -0.321. The Morgan fingerprint density at radius 1 is 1.33 bits per heavy atom. The molecule has 0 aromatic heterocycles. The van der Waals surface area contributed by atoms with E-state index in [0.717, 1.165) is 12.2 Å². The maximum absolute atomic E-state index is 10.4. The highest BCUT2D eigenvalue weighted by Crippen LogP contribution is 2.01. The number of hydrogen-bond acceptors (Lipinski definition) is 3. The van der Waals surface area contributed by atoms with Gasteiger partial charge in [0.2, 0.25) is 0 Å². The van der Waals surface area contributed by atoms with Crippen LogP contribution in [0.15, 0.2) is 12.2 Å². The molecule has 44 valence electrons. The van der Waals surface area contributed by atoms with Gasteiger partial charge >= 0.3 is 16.9 Å². The number of carbonyl (C=O) groups excluding carboxylic acids is 2. The van der Waals surface area contributed by atoms with E-state index in [1.165, 1.54) is 0 Å². The summed E-state index contributed by atoms with van der Waals surface area (Å²) in [5.74, 6) is -1.25. The van der Waals surface area contributed by atoms with Crippen LogP contribution in [0, 0.1) is 5.39 Å². The molecule has 0 unspecified atom stereocenters. The molecule has 0 atom stereocenters. The third kappa shape index (κ3) is 0.659. The molecule has 1 heterocycles. The molecule has 0 aromatic rings. The monoisotopic (exact) mass is 124 g/mol. The Labute approximate surface area is 50.2 Å². The molecule has 0 N–H and O–H groups in total. The summed E-state index contributed by atoms with van der Waals surface area (Å²) in [5.41, 5.74) is 0. The van der Waals surface area contributed by atoms with Crippen molar-refractivity contribution in [3.8, 4) is 0 Å². The zero-order chi connectivity index (χ0) is 6.85. The molecule has 0 bridgehead atoms. The second kappa shape index (κ2) is 1.67. The molecular formula is C4H2N3O2+. The fraction of sp³-hybridized carbons (Fsp3) is 0. The Hall–Kier alpha value is -1.70. The van der Waals surface area contributed by atoms with Crippen LogP contribution < -0.4 is 0 Å². The second-order valence-electron chi connectivity index (χ2n) is 1.41. The Bertz CT molecular complexity index is 219. The largest absolute Gasteiger partial charge is 0.332 e. The third-order valence-corrected chi connectivity index (χ3v) is 0.875. The van der Waals surface area contributed by atoms with Crippen LogP contribution in [0.3, 0.4) is 0 Å². The Kier molecular flexibility index (Phi) is 1.01. The van der Waals surface area contributed by atoms with Gasteiger partial charge < -0.3 is 0 Å². The lowest BCUT2D eigenvalue weighted by Gasteiger charge is -1.80. The van der Waals surface area contributed by atoms with E-state index in [4.69, 9.17) is 5.39 Å². The minimum absolute atomic E-state index is 0.361. The van der Waals surface area contributed by atoms with Crippen molar-refractivity contribution < 1.29 is 9.59 Å². The van der Waals surface area contributed by atoms with Crippen molar-refractivity contribution >= 4 is 11.8 Å². The molecule has 0 aromatic carbocycles. The van der Waals surface area contributed by atoms with Crippen LogP contribution in [0.1, 0.15) is 0 Å². The molecule has 0 radical (unpaired) electrons. The summed E-state index contributed by atoms with van der Waals surface area (Å²) in [5, 5.41) is 10.8. The lowest BCUT2D eigenvalue weighted by Crippen LogP contribution is -2.21. The highest BCUT2D eigenvalue weighted by molar-refractivity contribution is 6.13. The maximum Gasteiger partial charge on any atom is 0.332 e. The molecule has 1 aliphatic rings. The van der Waals surface area contributed by atoms with E-state index in [0.29, 0.717) is 5.01 Å². The summed E-state index contributed by atoms with van der Waals surface area (Å²) in [6.45, 7) is 0. The zero-order valence-electron chi connectivity index (χ0n) is 4.31. The first-order valence-corrected chi connectivity index (χ1v) is 2.17. The van der Waals surface area contributed by atoms with Gasteiger partial charge in [-0.3, -0.25) is 9.59 Å². The molecule has 0 saturated heterocycles. The number of amides is 2. The van der Waals surface area contributed by atoms with Crippen molar-refractivity contribution in [2.24, 2.45) is 0 Å². The highest BCUT2D eigenvalue weighted by Gasteiger charge is 2.34. The van der Waals surface area contributed by atoms with Crippen molar-refractivity contribution in [1.29, 1.82) is 5.39 Å². The molecule has 9 heavy (non-hydrogen) atoms. The predicted molar refractivity (Wildman–Crippen MR) is 26.1 cm³/mol. The highest BCUT2D eigenvalue weighted by atomic mass is 16.2. The van der Waals surface area contributed by atoms with Gasteiger partial charge in [0, 0.05) is 12.2 Å². The van der Waals surface area contributed by atoms with Crippen LogP contribution in [0.2, 0.25) is 0 Å². The van der Waals surface area contributed by atoms with Crippen LogP contribution in [0.4, 0.5) is 0 Å². The average molecular weight is 124 g/mol. The number of hydrogen-bond donors (Lipinski definition) is 0. The van der Waals surface area contributed by atoms with Gasteiger partial charge in [-0.1, -0.05) is 0 Å². The second-order valence-corrected chi connectivity index (χ2v) is 1.41. The van der Waals surface area contributed by atoms with E-state index in [2.05, 4.69) is 5.08 Å². The van der Waals surface area contributed by atoms with Gasteiger partial charge in [-0.15, -0.1) is 0 Å². The summed E-state index contributed by atoms with van der Waals surface area (Å²) in [6.07, 6.45) is 2.06. The Balaban J connectivity index is 2.91. The van der Waals surface area contributed by atoms with Crippen molar-refractivity contribution in [2.45, 2.75) is 0 Å². The zero-order valence-corrected chi connectivity index (χ0v) is 4.31. The average Bonchev–Trinajstić information content (AvgIpc) is 2.12. The van der Waals surface area contributed by atoms with E-state index >= 15 is 0 Å². The van der Waals surface area contributed by atoms with Gasteiger partial charge in [-0.25, -0.2) is 0 Å². The van der Waals surface area contributed by atoms with E-state index in [9.17, 15) is 9.59 Å². The first-order chi connectivity index (χ1) is 4.25. The Morgan fingerprint density at radius 2 is 1.78 bits per heavy atom. The van der Waals surface area contributed by atoms with Crippen LogP contribution in [-0.2, 0) is 9.59 Å². The Morgan fingerprint density at radius 3 is 2.00 bits per heavy atom. The van der Waals surface area contributed by atoms with Gasteiger partial charge in [0.05, 0.1) is 0 Å². The number of rotatable bonds is 0.